The molecule has 0 atom stereocenters. The minimum Gasteiger partial charge on any atom is -0.372 e. The second-order valence-corrected chi connectivity index (χ2v) is 5.07. The first-order valence-corrected chi connectivity index (χ1v) is 7.47. The van der Waals surface area contributed by atoms with Crippen LogP contribution in [0.15, 0.2) is 36.8 Å². The van der Waals surface area contributed by atoms with E-state index in [1.54, 1.807) is 17.2 Å². The molecular formula is C16H20N6. The zero-order valence-corrected chi connectivity index (χ0v) is 13.1. The van der Waals surface area contributed by atoms with Crippen molar-refractivity contribution in [2.75, 3.05) is 23.3 Å². The molecule has 0 aliphatic heterocycles. The number of nitrogens with one attached hydrogen (secondary N) is 1. The standard InChI is InChI=1S/C16H20N6/c1-4-22(5-2)13-8-6-12(7-9-13)20-15-14-10-19-21(3)16(14)18-11-17-15/h6-11H,4-5H2,1-3H3,(H,17,18,20). The maximum absolute atomic E-state index is 4.32. The van der Waals surface area contributed by atoms with Gasteiger partial charge in [0.2, 0.25) is 0 Å². The zero-order valence-electron chi connectivity index (χ0n) is 13.1. The highest BCUT2D eigenvalue weighted by Gasteiger charge is 2.08. The Hall–Kier alpha value is -2.63. The quantitative estimate of drug-likeness (QED) is 0.784. The summed E-state index contributed by atoms with van der Waals surface area (Å²) in [5, 5.41) is 8.48. The third kappa shape index (κ3) is 2.59. The third-order valence-corrected chi connectivity index (χ3v) is 3.79. The lowest BCUT2D eigenvalue weighted by Crippen LogP contribution is -2.21. The summed E-state index contributed by atoms with van der Waals surface area (Å²) >= 11 is 0. The van der Waals surface area contributed by atoms with Crippen LogP contribution < -0.4 is 10.2 Å². The Bertz CT molecular complexity index is 758. The SMILES string of the molecule is CCN(CC)c1ccc(Nc2ncnc3c2cnn3C)cc1. The van der Waals surface area contributed by atoms with Gasteiger partial charge in [0.1, 0.15) is 12.1 Å². The highest BCUT2D eigenvalue weighted by molar-refractivity contribution is 5.88. The molecule has 0 saturated carbocycles. The van der Waals surface area contributed by atoms with E-state index < -0.39 is 0 Å². The molecule has 0 unspecified atom stereocenters. The molecule has 0 radical (unpaired) electrons. The fourth-order valence-corrected chi connectivity index (χ4v) is 2.54. The van der Waals surface area contributed by atoms with E-state index in [9.17, 15) is 0 Å². The van der Waals surface area contributed by atoms with Crippen LogP contribution in [0.1, 0.15) is 13.8 Å². The van der Waals surface area contributed by atoms with Gasteiger partial charge in [-0.25, -0.2) is 9.97 Å². The number of nitrogens with zero attached hydrogens (tertiary/aromatic N) is 5. The van der Waals surface area contributed by atoms with E-state index in [4.69, 9.17) is 0 Å². The van der Waals surface area contributed by atoms with Crippen molar-refractivity contribution in [1.82, 2.24) is 19.7 Å². The lowest BCUT2D eigenvalue weighted by molar-refractivity contribution is 0.785. The van der Waals surface area contributed by atoms with Crippen LogP contribution in [0, 0.1) is 0 Å². The predicted octanol–water partition coefficient (Wildman–Crippen LogP) is 2.95. The summed E-state index contributed by atoms with van der Waals surface area (Å²) < 4.78 is 1.74. The van der Waals surface area contributed by atoms with Gasteiger partial charge in [-0.1, -0.05) is 0 Å². The van der Waals surface area contributed by atoms with Gasteiger partial charge in [-0.15, -0.1) is 0 Å². The Morgan fingerprint density at radius 1 is 1.09 bits per heavy atom. The Morgan fingerprint density at radius 2 is 1.82 bits per heavy atom. The number of benzene rings is 1. The van der Waals surface area contributed by atoms with Gasteiger partial charge in [-0.05, 0) is 38.1 Å². The molecule has 6 nitrogen and oxygen atoms in total. The summed E-state index contributed by atoms with van der Waals surface area (Å²) in [6, 6.07) is 8.38. The molecule has 1 N–H and O–H groups in total. The molecule has 0 saturated heterocycles. The molecule has 3 aromatic rings. The van der Waals surface area contributed by atoms with E-state index in [0.717, 1.165) is 35.6 Å². The van der Waals surface area contributed by atoms with Crippen LogP contribution in [-0.4, -0.2) is 32.8 Å². The summed E-state index contributed by atoms with van der Waals surface area (Å²) in [4.78, 5) is 10.9. The van der Waals surface area contributed by atoms with Crippen molar-refractivity contribution in [2.24, 2.45) is 7.05 Å². The van der Waals surface area contributed by atoms with E-state index in [-0.39, 0.29) is 0 Å². The molecule has 6 heteroatoms. The fraction of sp³-hybridized carbons (Fsp3) is 0.312. The molecule has 1 aromatic carbocycles. The highest BCUT2D eigenvalue weighted by Crippen LogP contribution is 2.24. The number of hydrogen-bond acceptors (Lipinski definition) is 5. The maximum atomic E-state index is 4.32. The van der Waals surface area contributed by atoms with E-state index in [2.05, 4.69) is 63.4 Å². The van der Waals surface area contributed by atoms with Crippen LogP contribution in [0.5, 0.6) is 0 Å². The van der Waals surface area contributed by atoms with Gasteiger partial charge in [0, 0.05) is 31.5 Å². The molecule has 0 spiro atoms. The summed E-state index contributed by atoms with van der Waals surface area (Å²) in [7, 11) is 1.87. The van der Waals surface area contributed by atoms with Gasteiger partial charge in [-0.3, -0.25) is 4.68 Å². The van der Waals surface area contributed by atoms with Crippen molar-refractivity contribution in [1.29, 1.82) is 0 Å². The van der Waals surface area contributed by atoms with E-state index >= 15 is 0 Å². The van der Waals surface area contributed by atoms with Crippen molar-refractivity contribution in [3.63, 3.8) is 0 Å². The topological polar surface area (TPSA) is 58.9 Å². The minimum atomic E-state index is 0.772. The number of fused-ring (bicyclic) bond motifs is 1. The first-order valence-electron chi connectivity index (χ1n) is 7.47. The number of rotatable bonds is 5. The van der Waals surface area contributed by atoms with Crippen LogP contribution >= 0.6 is 0 Å². The van der Waals surface area contributed by atoms with Crippen LogP contribution in [-0.2, 0) is 7.05 Å². The molecule has 0 aliphatic rings. The van der Waals surface area contributed by atoms with Crippen molar-refractivity contribution in [2.45, 2.75) is 13.8 Å². The largest absolute Gasteiger partial charge is 0.372 e. The van der Waals surface area contributed by atoms with Gasteiger partial charge in [0.25, 0.3) is 0 Å². The molecule has 0 amide bonds. The average Bonchev–Trinajstić information content (AvgIpc) is 2.93. The Kier molecular flexibility index (Phi) is 3.91. The zero-order chi connectivity index (χ0) is 15.5. The number of hydrogen-bond donors (Lipinski definition) is 1. The van der Waals surface area contributed by atoms with E-state index in [0.29, 0.717) is 0 Å². The summed E-state index contributed by atoms with van der Waals surface area (Å²) in [6.45, 7) is 6.34. The minimum absolute atomic E-state index is 0.772. The second kappa shape index (κ2) is 6.01. The molecule has 0 aliphatic carbocycles. The lowest BCUT2D eigenvalue weighted by atomic mass is 10.2. The predicted molar refractivity (Wildman–Crippen MR) is 89.6 cm³/mol. The van der Waals surface area contributed by atoms with Crippen molar-refractivity contribution in [3.05, 3.63) is 36.8 Å². The molecule has 0 fully saturated rings. The number of aryl methyl sites for hydroxylation is 1. The fourth-order valence-electron chi connectivity index (χ4n) is 2.54. The molecule has 2 aromatic heterocycles. The average molecular weight is 296 g/mol. The van der Waals surface area contributed by atoms with Crippen LogP contribution in [0.3, 0.4) is 0 Å². The van der Waals surface area contributed by atoms with Crippen molar-refractivity contribution < 1.29 is 0 Å². The van der Waals surface area contributed by atoms with Crippen molar-refractivity contribution >= 4 is 28.2 Å². The van der Waals surface area contributed by atoms with E-state index in [1.807, 2.05) is 7.05 Å². The number of anilines is 3. The van der Waals surface area contributed by atoms with Crippen LogP contribution in [0.25, 0.3) is 11.0 Å². The van der Waals surface area contributed by atoms with Gasteiger partial charge in [-0.2, -0.15) is 5.10 Å². The molecule has 114 valence electrons. The smallest absolute Gasteiger partial charge is 0.163 e. The normalized spacial score (nSPS) is 10.9. The van der Waals surface area contributed by atoms with Crippen molar-refractivity contribution in [3.8, 4) is 0 Å². The molecule has 2 heterocycles. The van der Waals surface area contributed by atoms with Gasteiger partial charge >= 0.3 is 0 Å². The third-order valence-electron chi connectivity index (χ3n) is 3.79. The first kappa shape index (κ1) is 14.3. The summed E-state index contributed by atoms with van der Waals surface area (Å²) in [5.41, 5.74) is 3.04. The Balaban J connectivity index is 1.86. The van der Waals surface area contributed by atoms with Crippen LogP contribution in [0.2, 0.25) is 0 Å². The first-order chi connectivity index (χ1) is 10.7. The summed E-state index contributed by atoms with van der Waals surface area (Å²) in [5.74, 6) is 0.772. The van der Waals surface area contributed by atoms with Gasteiger partial charge in [0.05, 0.1) is 11.6 Å². The second-order valence-electron chi connectivity index (χ2n) is 5.07. The van der Waals surface area contributed by atoms with Gasteiger partial charge < -0.3 is 10.2 Å². The molecule has 3 rings (SSSR count). The molecular weight excluding hydrogens is 276 g/mol. The van der Waals surface area contributed by atoms with Gasteiger partial charge in [0.15, 0.2) is 5.65 Å². The van der Waals surface area contributed by atoms with E-state index in [1.165, 1.54) is 5.69 Å². The monoisotopic (exact) mass is 296 g/mol. The summed E-state index contributed by atoms with van der Waals surface area (Å²) in [6.07, 6.45) is 3.33. The Labute approximate surface area is 129 Å². The molecule has 0 bridgehead atoms. The Morgan fingerprint density at radius 3 is 2.50 bits per heavy atom. The van der Waals surface area contributed by atoms with Crippen LogP contribution in [0.4, 0.5) is 17.2 Å². The number of aromatic nitrogens is 4. The highest BCUT2D eigenvalue weighted by atomic mass is 15.3. The maximum Gasteiger partial charge on any atom is 0.163 e. The lowest BCUT2D eigenvalue weighted by Gasteiger charge is -2.21. The molecule has 22 heavy (non-hydrogen) atoms.